The number of carboxylic acids is 1. The van der Waals surface area contributed by atoms with Gasteiger partial charge in [-0.2, -0.15) is 0 Å². The second kappa shape index (κ2) is 4.29. The zero-order valence-electron chi connectivity index (χ0n) is 9.16. The van der Waals surface area contributed by atoms with E-state index in [0.29, 0.717) is 5.56 Å². The number of carboxylic acid groups (broad SMARTS) is 1. The maximum atomic E-state index is 11.1. The standard InChI is InChI=1S/C13H10O5/c14-9-6-8(13(17)18)10(12(16)11(9)15)7-4-2-1-3-5-7/h1-6,14-16H,(H,17,18). The zero-order chi connectivity index (χ0) is 13.3. The van der Waals surface area contributed by atoms with Gasteiger partial charge in [0.1, 0.15) is 0 Å². The number of hydrogen-bond acceptors (Lipinski definition) is 4. The smallest absolute Gasteiger partial charge is 0.336 e. The second-order valence-electron chi connectivity index (χ2n) is 3.69. The molecule has 0 aliphatic heterocycles. The van der Waals surface area contributed by atoms with Crippen LogP contribution in [0.4, 0.5) is 0 Å². The number of aromatic carboxylic acids is 1. The van der Waals surface area contributed by atoms with Crippen LogP contribution in [0.2, 0.25) is 0 Å². The van der Waals surface area contributed by atoms with Crippen LogP contribution in [-0.2, 0) is 0 Å². The number of rotatable bonds is 2. The molecule has 0 amide bonds. The highest BCUT2D eigenvalue weighted by Gasteiger charge is 2.21. The Hall–Kier alpha value is -2.69. The van der Waals surface area contributed by atoms with E-state index >= 15 is 0 Å². The monoisotopic (exact) mass is 246 g/mol. The summed E-state index contributed by atoms with van der Waals surface area (Å²) in [5.41, 5.74) is 0.120. The van der Waals surface area contributed by atoms with Crippen molar-refractivity contribution in [1.29, 1.82) is 0 Å². The Balaban J connectivity index is 2.80. The normalized spacial score (nSPS) is 10.2. The van der Waals surface area contributed by atoms with Gasteiger partial charge in [-0.1, -0.05) is 30.3 Å². The summed E-state index contributed by atoms with van der Waals surface area (Å²) < 4.78 is 0. The van der Waals surface area contributed by atoms with Gasteiger partial charge in [0, 0.05) is 5.56 Å². The van der Waals surface area contributed by atoms with E-state index in [4.69, 9.17) is 5.11 Å². The minimum atomic E-state index is -1.31. The number of benzene rings is 2. The number of phenols is 3. The summed E-state index contributed by atoms with van der Waals surface area (Å²) in [7, 11) is 0. The molecule has 0 aliphatic rings. The minimum Gasteiger partial charge on any atom is -0.504 e. The van der Waals surface area contributed by atoms with Gasteiger partial charge in [0.05, 0.1) is 5.56 Å². The maximum absolute atomic E-state index is 11.1. The Morgan fingerprint density at radius 1 is 0.944 bits per heavy atom. The number of hydrogen-bond donors (Lipinski definition) is 4. The van der Waals surface area contributed by atoms with Crippen LogP contribution in [0.25, 0.3) is 11.1 Å². The third-order valence-electron chi connectivity index (χ3n) is 2.55. The molecule has 0 atom stereocenters. The van der Waals surface area contributed by atoms with Gasteiger partial charge in [0.15, 0.2) is 11.5 Å². The molecule has 5 nitrogen and oxygen atoms in total. The van der Waals surface area contributed by atoms with E-state index in [-0.39, 0.29) is 11.1 Å². The molecule has 0 bridgehead atoms. The van der Waals surface area contributed by atoms with E-state index in [1.54, 1.807) is 30.3 Å². The largest absolute Gasteiger partial charge is 0.504 e. The topological polar surface area (TPSA) is 98.0 Å². The van der Waals surface area contributed by atoms with Crippen LogP contribution in [0.1, 0.15) is 10.4 Å². The summed E-state index contributed by atoms with van der Waals surface area (Å²) in [5, 5.41) is 37.6. The first-order chi connectivity index (χ1) is 8.52. The molecule has 0 heterocycles. The SMILES string of the molecule is O=C(O)c1cc(O)c(O)c(O)c1-c1ccccc1. The van der Waals surface area contributed by atoms with Crippen molar-refractivity contribution >= 4 is 5.97 Å². The van der Waals surface area contributed by atoms with E-state index < -0.39 is 23.2 Å². The molecule has 0 fully saturated rings. The van der Waals surface area contributed by atoms with Crippen LogP contribution in [-0.4, -0.2) is 26.4 Å². The summed E-state index contributed by atoms with van der Waals surface area (Å²) in [6, 6.07) is 9.17. The van der Waals surface area contributed by atoms with Gasteiger partial charge in [-0.3, -0.25) is 0 Å². The van der Waals surface area contributed by atoms with Gasteiger partial charge < -0.3 is 20.4 Å². The highest BCUT2D eigenvalue weighted by Crippen LogP contribution is 2.44. The lowest BCUT2D eigenvalue weighted by molar-refractivity contribution is 0.0697. The average Bonchev–Trinajstić information content (AvgIpc) is 2.36. The Morgan fingerprint density at radius 2 is 1.56 bits per heavy atom. The predicted octanol–water partition coefficient (Wildman–Crippen LogP) is 2.17. The molecule has 0 saturated heterocycles. The van der Waals surface area contributed by atoms with Crippen LogP contribution in [0.3, 0.4) is 0 Å². The molecule has 0 aromatic heterocycles. The van der Waals surface area contributed by atoms with Crippen molar-refractivity contribution in [3.63, 3.8) is 0 Å². The third-order valence-corrected chi connectivity index (χ3v) is 2.55. The first kappa shape index (κ1) is 11.8. The molecule has 0 unspecified atom stereocenters. The highest BCUT2D eigenvalue weighted by atomic mass is 16.4. The first-order valence-corrected chi connectivity index (χ1v) is 5.09. The predicted molar refractivity (Wildman–Crippen MR) is 63.8 cm³/mol. The van der Waals surface area contributed by atoms with Crippen LogP contribution >= 0.6 is 0 Å². The maximum Gasteiger partial charge on any atom is 0.336 e. The van der Waals surface area contributed by atoms with Crippen LogP contribution in [0.5, 0.6) is 17.2 Å². The molecule has 0 spiro atoms. The van der Waals surface area contributed by atoms with Gasteiger partial charge in [-0.25, -0.2) is 4.79 Å². The fourth-order valence-electron chi connectivity index (χ4n) is 1.71. The first-order valence-electron chi connectivity index (χ1n) is 5.09. The highest BCUT2D eigenvalue weighted by molar-refractivity contribution is 5.99. The summed E-state index contributed by atoms with van der Waals surface area (Å²) in [6.07, 6.45) is 0. The Morgan fingerprint density at radius 3 is 2.11 bits per heavy atom. The van der Waals surface area contributed by atoms with Crippen molar-refractivity contribution in [2.45, 2.75) is 0 Å². The molecule has 2 aromatic rings. The molecule has 92 valence electrons. The van der Waals surface area contributed by atoms with Crippen LogP contribution in [0, 0.1) is 0 Å². The van der Waals surface area contributed by atoms with Crippen molar-refractivity contribution in [2.24, 2.45) is 0 Å². The summed E-state index contributed by atoms with van der Waals surface area (Å²) >= 11 is 0. The van der Waals surface area contributed by atoms with Crippen molar-refractivity contribution in [3.8, 4) is 28.4 Å². The number of carbonyl (C=O) groups is 1. The Bertz CT molecular complexity index is 605. The molecular formula is C13H10O5. The van der Waals surface area contributed by atoms with Crippen molar-refractivity contribution < 1.29 is 25.2 Å². The lowest BCUT2D eigenvalue weighted by atomic mass is 9.97. The van der Waals surface area contributed by atoms with Crippen molar-refractivity contribution in [1.82, 2.24) is 0 Å². The molecule has 0 radical (unpaired) electrons. The molecule has 4 N–H and O–H groups in total. The van der Waals surface area contributed by atoms with Gasteiger partial charge in [0.2, 0.25) is 5.75 Å². The van der Waals surface area contributed by atoms with Gasteiger partial charge in [-0.15, -0.1) is 0 Å². The Labute approximate surface area is 102 Å². The third kappa shape index (κ3) is 1.82. The molecule has 0 aliphatic carbocycles. The number of phenolic OH excluding ortho intramolecular Hbond substituents is 3. The molecule has 0 saturated carbocycles. The molecule has 2 aromatic carbocycles. The van der Waals surface area contributed by atoms with Crippen LogP contribution in [0.15, 0.2) is 36.4 Å². The quantitative estimate of drug-likeness (QED) is 0.609. The molecule has 2 rings (SSSR count). The van der Waals surface area contributed by atoms with Gasteiger partial charge in [0.25, 0.3) is 0 Å². The van der Waals surface area contributed by atoms with E-state index in [1.165, 1.54) is 0 Å². The van der Waals surface area contributed by atoms with E-state index in [0.717, 1.165) is 6.07 Å². The fourth-order valence-corrected chi connectivity index (χ4v) is 1.71. The van der Waals surface area contributed by atoms with E-state index in [1.807, 2.05) is 0 Å². The van der Waals surface area contributed by atoms with Crippen LogP contribution < -0.4 is 0 Å². The second-order valence-corrected chi connectivity index (χ2v) is 3.69. The van der Waals surface area contributed by atoms with Crippen molar-refractivity contribution in [3.05, 3.63) is 42.0 Å². The summed E-state index contributed by atoms with van der Waals surface area (Å²) in [5.74, 6) is -3.37. The zero-order valence-corrected chi connectivity index (χ0v) is 9.16. The summed E-state index contributed by atoms with van der Waals surface area (Å²) in [4.78, 5) is 11.1. The molecule has 18 heavy (non-hydrogen) atoms. The summed E-state index contributed by atoms with van der Waals surface area (Å²) in [6.45, 7) is 0. The molecule has 5 heteroatoms. The van der Waals surface area contributed by atoms with Gasteiger partial charge >= 0.3 is 5.97 Å². The van der Waals surface area contributed by atoms with E-state index in [2.05, 4.69) is 0 Å². The molecular weight excluding hydrogens is 236 g/mol. The minimum absolute atomic E-state index is 0.0293. The van der Waals surface area contributed by atoms with E-state index in [9.17, 15) is 20.1 Å². The van der Waals surface area contributed by atoms with Crippen molar-refractivity contribution in [2.75, 3.05) is 0 Å². The fraction of sp³-hybridized carbons (Fsp3) is 0. The lowest BCUT2D eigenvalue weighted by Crippen LogP contribution is -2.00. The lowest BCUT2D eigenvalue weighted by Gasteiger charge is -2.11. The number of aromatic hydroxyl groups is 3. The van der Waals surface area contributed by atoms with Gasteiger partial charge in [-0.05, 0) is 11.6 Å². The Kier molecular flexibility index (Phi) is 2.81. The average molecular weight is 246 g/mol.